The van der Waals surface area contributed by atoms with Gasteiger partial charge >= 0.3 is 38.6 Å². The van der Waals surface area contributed by atoms with Crippen LogP contribution in [0.4, 0.5) is 48.3 Å². The van der Waals surface area contributed by atoms with Crippen LogP contribution in [0.5, 0.6) is 11.5 Å². The molecule has 2 N–H and O–H groups in total. The summed E-state index contributed by atoms with van der Waals surface area (Å²) >= 11 is 0. The van der Waals surface area contributed by atoms with Crippen molar-refractivity contribution in [3.8, 4) is 28.4 Å². The molecule has 19 heteroatoms. The zero-order valence-electron chi connectivity index (χ0n) is 34.4. The van der Waals surface area contributed by atoms with E-state index in [0.717, 1.165) is 51.1 Å². The molecule has 348 valence electrons. The second-order valence-electron chi connectivity index (χ2n) is 14.3. The van der Waals surface area contributed by atoms with Crippen molar-refractivity contribution in [2.75, 3.05) is 20.4 Å². The van der Waals surface area contributed by atoms with Crippen molar-refractivity contribution >= 4 is 40.3 Å². The molecule has 0 aliphatic rings. The van der Waals surface area contributed by atoms with Gasteiger partial charge < -0.3 is 36.2 Å². The van der Waals surface area contributed by atoms with E-state index in [1.807, 2.05) is 47.0 Å². The van der Waals surface area contributed by atoms with Gasteiger partial charge in [-0.15, -0.1) is 18.6 Å². The van der Waals surface area contributed by atoms with Crippen molar-refractivity contribution < 1.29 is 88.1 Å². The van der Waals surface area contributed by atoms with E-state index in [1.54, 1.807) is 62.9 Å². The number of ether oxygens (including phenoxy) is 2. The van der Waals surface area contributed by atoms with Crippen LogP contribution in [0.2, 0.25) is 0 Å². The van der Waals surface area contributed by atoms with Crippen LogP contribution in [0, 0.1) is 24.6 Å². The number of hydrogen-bond donors (Lipinski definition) is 2. The van der Waals surface area contributed by atoms with Crippen LogP contribution in [0.3, 0.4) is 0 Å². The normalized spacial score (nSPS) is 13.0. The molecule has 0 fully saturated rings. The molecule has 0 saturated heterocycles. The summed E-state index contributed by atoms with van der Waals surface area (Å²) in [6.45, 7) is 3.65. The molecule has 0 saturated carbocycles. The molecule has 7 rings (SSSR count). The Kier molecular flexibility index (Phi) is 17.0. The number of aromatic nitrogens is 2. The van der Waals surface area contributed by atoms with Crippen molar-refractivity contribution in [2.24, 2.45) is 0 Å². The summed E-state index contributed by atoms with van der Waals surface area (Å²) in [7, 11) is 0.729. The van der Waals surface area contributed by atoms with Crippen molar-refractivity contribution in [2.45, 2.75) is 43.1 Å². The van der Waals surface area contributed by atoms with Crippen molar-refractivity contribution in [1.29, 1.82) is 0 Å². The quantitative estimate of drug-likeness (QED) is 0.0856. The Morgan fingerprint density at radius 3 is 1.54 bits per heavy atom. The standard InChI is InChI=1S/C25H17F2N2O2.C16H13F6OP.C5H8F3O.Ir.H/c1-30-17-4-7-19-20-8-5-18(31-2)14-25(20)29(24(19)13-17)16-9-10-28-23(12-16)21-6-3-15(26)11-22(21)27;17-15(18,19)14(23,16(20,21)22)11-24(12-7-3-1-4-8-12)13-9-5-2-6-10-13;1-3-4(2,9)5(6,7)8;;/h3-5,7-14H,1-2H3;1-10,23H,11H2;9H,1,3H2,2H3;;/q-1;;-1;+2;/p+1. The molecule has 0 amide bonds. The average molecular weight is 1120 g/mol. The summed E-state index contributed by atoms with van der Waals surface area (Å²) in [5.74, 6) is 0.0422. The molecule has 2 aromatic heterocycles. The number of pyridine rings is 1. The van der Waals surface area contributed by atoms with E-state index >= 15 is 0 Å². The van der Waals surface area contributed by atoms with E-state index in [2.05, 4.69) is 18.0 Å². The number of rotatable bonds is 9. The third-order valence-electron chi connectivity index (χ3n) is 10.0. The molecule has 6 nitrogen and oxygen atoms in total. The van der Waals surface area contributed by atoms with Gasteiger partial charge in [-0.25, -0.2) is 0 Å². The molecule has 0 spiro atoms. The van der Waals surface area contributed by atoms with Crippen molar-refractivity contribution in [3.05, 3.63) is 152 Å². The molecule has 0 aliphatic carbocycles. The predicted octanol–water partition coefficient (Wildman–Crippen LogP) is 10.9. The Labute approximate surface area is 380 Å². The van der Waals surface area contributed by atoms with Crippen LogP contribution in [-0.4, -0.2) is 69.9 Å². The number of alkyl halides is 9. The van der Waals surface area contributed by atoms with Gasteiger partial charge in [-0.05, 0) is 67.2 Å². The number of fused-ring (bicyclic) bond motifs is 3. The molecule has 0 bridgehead atoms. The van der Waals surface area contributed by atoms with Gasteiger partial charge in [-0.2, -0.15) is 39.5 Å². The molecule has 7 aromatic rings. The van der Waals surface area contributed by atoms with Crippen LogP contribution >= 0.6 is 7.92 Å². The Morgan fingerprint density at radius 1 is 0.677 bits per heavy atom. The van der Waals surface area contributed by atoms with Crippen LogP contribution in [0.1, 0.15) is 13.3 Å². The fourth-order valence-corrected chi connectivity index (χ4v) is 9.10. The molecular weight excluding hydrogens is 1080 g/mol. The summed E-state index contributed by atoms with van der Waals surface area (Å²) < 4.78 is 153. The maximum atomic E-state index is 14.4. The third kappa shape index (κ3) is 11.8. The molecule has 1 unspecified atom stereocenters. The van der Waals surface area contributed by atoms with Gasteiger partial charge in [0.25, 0.3) is 5.60 Å². The number of halogens is 11. The SMILES string of the molecule is COc1ccc2c3ccc(OC)cc3n(-c3ccnc(-c4[c-]cc(F)cc4F)c3)c2c1.OC(C[PH+](c1ccccc1)c1ccccc1)(C(F)(F)F)C(F)(F)F.[CH2-]CC(C)(O)C(F)(F)F.[IrH+2]. The van der Waals surface area contributed by atoms with Crippen LogP contribution in [0.15, 0.2) is 128 Å². The van der Waals surface area contributed by atoms with Gasteiger partial charge in [-0.3, -0.25) is 8.78 Å². The van der Waals surface area contributed by atoms with Gasteiger partial charge in [0, 0.05) is 46.4 Å². The first-order valence-corrected chi connectivity index (χ1v) is 20.6. The van der Waals surface area contributed by atoms with E-state index in [-0.39, 0.29) is 25.7 Å². The third-order valence-corrected chi connectivity index (χ3v) is 12.9. The second-order valence-corrected chi connectivity index (χ2v) is 16.8. The van der Waals surface area contributed by atoms with E-state index in [9.17, 15) is 53.4 Å². The zero-order chi connectivity index (χ0) is 47.3. The average Bonchev–Trinajstić information content (AvgIpc) is 3.58. The van der Waals surface area contributed by atoms with E-state index < -0.39 is 61.9 Å². The molecule has 65 heavy (non-hydrogen) atoms. The van der Waals surface area contributed by atoms with Crippen molar-refractivity contribution in [1.82, 2.24) is 9.55 Å². The summed E-state index contributed by atoms with van der Waals surface area (Å²) in [5.41, 5.74) is -4.31. The Hall–Kier alpha value is -5.12. The van der Waals surface area contributed by atoms with E-state index in [4.69, 9.17) is 14.6 Å². The van der Waals surface area contributed by atoms with Gasteiger partial charge in [0.05, 0.1) is 43.8 Å². The number of aliphatic hydroxyl groups is 2. The van der Waals surface area contributed by atoms with Crippen molar-refractivity contribution in [3.63, 3.8) is 0 Å². The summed E-state index contributed by atoms with van der Waals surface area (Å²) in [4.78, 5) is 4.28. The Morgan fingerprint density at radius 2 is 1.15 bits per heavy atom. The molecule has 1 radical (unpaired) electrons. The Bertz CT molecular complexity index is 2540. The second kappa shape index (κ2) is 21.0. The molecular formula is C46H40F11IrN2O4P+. The fraction of sp³-hybridized carbons (Fsp3) is 0.217. The fourth-order valence-electron chi connectivity index (χ4n) is 6.25. The topological polar surface area (TPSA) is 76.7 Å². The van der Waals surface area contributed by atoms with Gasteiger partial charge in [0.1, 0.15) is 23.3 Å². The monoisotopic (exact) mass is 1120 g/mol. The number of nitrogens with zero attached hydrogens (tertiary/aromatic N) is 2. The molecule has 5 aromatic carbocycles. The molecule has 0 aliphatic heterocycles. The predicted molar refractivity (Wildman–Crippen MR) is 226 cm³/mol. The summed E-state index contributed by atoms with van der Waals surface area (Å²) in [6.07, 6.45) is -16.6. The first-order chi connectivity index (χ1) is 30.0. The van der Waals surface area contributed by atoms with Crippen LogP contribution < -0.4 is 20.1 Å². The first kappa shape index (κ1) is 52.5. The van der Waals surface area contributed by atoms with Crippen LogP contribution in [-0.2, 0) is 20.1 Å². The number of benzene rings is 5. The summed E-state index contributed by atoms with van der Waals surface area (Å²) in [5, 5.41) is 20.8. The van der Waals surface area contributed by atoms with Gasteiger partial charge in [0.2, 0.25) is 0 Å². The first-order valence-electron chi connectivity index (χ1n) is 18.9. The molecule has 1 atom stereocenters. The van der Waals surface area contributed by atoms with Gasteiger partial charge in [0.15, 0.2) is 0 Å². The van der Waals surface area contributed by atoms with E-state index in [0.29, 0.717) is 23.2 Å². The zero-order valence-corrected chi connectivity index (χ0v) is 37.9. The van der Waals surface area contributed by atoms with Crippen LogP contribution in [0.25, 0.3) is 38.8 Å². The minimum atomic E-state index is -5.81. The Balaban J connectivity index is 0.000000242. The van der Waals surface area contributed by atoms with E-state index in [1.165, 1.54) is 24.3 Å². The minimum absolute atomic E-state index is 0. The number of methoxy groups -OCH3 is 2. The maximum absolute atomic E-state index is 14.4. The summed E-state index contributed by atoms with van der Waals surface area (Å²) in [6, 6.07) is 35.3. The number of hydrogen-bond acceptors (Lipinski definition) is 5. The van der Waals surface area contributed by atoms with Gasteiger partial charge in [-0.1, -0.05) is 54.1 Å². The molecule has 2 heterocycles.